The van der Waals surface area contributed by atoms with E-state index >= 15 is 0 Å². The van der Waals surface area contributed by atoms with E-state index in [0.29, 0.717) is 87.0 Å². The molecule has 5 heterocycles. The molecule has 4 saturated heterocycles. The van der Waals surface area contributed by atoms with Gasteiger partial charge >= 0.3 is 5.51 Å². The summed E-state index contributed by atoms with van der Waals surface area (Å²) in [5.74, 6) is -1.06. The molecule has 86 heavy (non-hydrogen) atoms. The first-order valence-corrected chi connectivity index (χ1v) is 33.5. The van der Waals surface area contributed by atoms with Gasteiger partial charge in [-0.15, -0.1) is 11.8 Å². The number of thioether (sulfide) groups is 1. The SMILES string of the molecule is C[C@@]1(CN2CCN(c3ncc(C4CCC(=O)NC4=O)cn3)CC2)CCC(c2ccc(Cl)cc2)=C(CN2CCN(c3ccc(C(=O)NS(=O)(=O)c4ccc(N[C@H](CCN5CCCOCC5)CSc5ccccc5)c(S(=O)(=O)C(F)(F)F)c4)cc3)CC2)C1. The fourth-order valence-electron chi connectivity index (χ4n) is 12.1. The molecular formula is C61H72ClF3N10O8S3. The number of nitrogens with zero attached hydrogens (tertiary/aromatic N) is 7. The van der Waals surface area contributed by atoms with Gasteiger partial charge in [0, 0.05) is 149 Å². The second-order valence-corrected chi connectivity index (χ2v) is 28.2. The Labute approximate surface area is 510 Å². The molecule has 18 nitrogen and oxygen atoms in total. The third-order valence-corrected chi connectivity index (χ3v) is 21.1. The third kappa shape index (κ3) is 15.8. The fraction of sp³-hybridized carbons (Fsp3) is 0.459. The van der Waals surface area contributed by atoms with Crippen LogP contribution in [0.15, 0.2) is 130 Å². The Bertz CT molecular complexity index is 3460. The molecule has 1 aliphatic carbocycles. The number of carbonyl (C=O) groups is 3. The Morgan fingerprint density at radius 2 is 1.52 bits per heavy atom. The van der Waals surface area contributed by atoms with Crippen LogP contribution in [0, 0.1) is 5.41 Å². The lowest BCUT2D eigenvalue weighted by Crippen LogP contribution is -2.50. The maximum atomic E-state index is 14.4. The molecule has 3 atom stereocenters. The predicted octanol–water partition coefficient (Wildman–Crippen LogP) is 8.34. The van der Waals surface area contributed by atoms with E-state index in [0.717, 1.165) is 107 Å². The number of allylic oxidation sites excluding steroid dienone is 1. The summed E-state index contributed by atoms with van der Waals surface area (Å²) in [6.45, 7) is 13.4. The summed E-state index contributed by atoms with van der Waals surface area (Å²) in [6, 6.07) is 25.8. The van der Waals surface area contributed by atoms with Crippen molar-refractivity contribution in [3.63, 3.8) is 0 Å². The maximum absolute atomic E-state index is 14.4. The number of hydrogen-bond acceptors (Lipinski definition) is 17. The number of halogens is 4. The molecule has 3 N–H and O–H groups in total. The smallest absolute Gasteiger partial charge is 0.380 e. The number of ether oxygens (including phenoxy) is 1. The molecule has 0 radical (unpaired) electrons. The number of piperidine rings is 1. The summed E-state index contributed by atoms with van der Waals surface area (Å²) < 4.78 is 105. The molecular weight excluding hydrogens is 1190 g/mol. The highest BCUT2D eigenvalue weighted by atomic mass is 35.5. The van der Waals surface area contributed by atoms with E-state index in [1.807, 2.05) is 47.2 Å². The van der Waals surface area contributed by atoms with Gasteiger partial charge < -0.3 is 24.8 Å². The molecule has 5 aliphatic rings. The minimum Gasteiger partial charge on any atom is -0.380 e. The first-order chi connectivity index (χ1) is 41.2. The molecule has 0 spiro atoms. The number of nitrogens with one attached hydrogen (secondary N) is 3. The monoisotopic (exact) mass is 1260 g/mol. The lowest BCUT2D eigenvalue weighted by atomic mass is 9.71. The van der Waals surface area contributed by atoms with Gasteiger partial charge in [0.15, 0.2) is 0 Å². The first kappa shape index (κ1) is 62.9. The highest BCUT2D eigenvalue weighted by Gasteiger charge is 2.49. The number of rotatable bonds is 20. The summed E-state index contributed by atoms with van der Waals surface area (Å²) in [7, 11) is -11.0. The number of sulfone groups is 1. The summed E-state index contributed by atoms with van der Waals surface area (Å²) in [6.07, 6.45) is 8.27. The standard InChI is InChI=1S/C61H72ClF3N10O8S3/c1-60(42-73-27-31-75(32-28-73)59-66-38-46(39-67-59)53-17-19-56(76)69-58(53)78)22-20-52(43-8-12-47(62)13-9-43)45(37-60)40-72-25-29-74(30-26-72)49-14-10-44(11-15-49)57(77)70-86(81,82)51-16-18-54(55(36-51)85(79,80)61(63,64)65)68-48(41-84-50-6-3-2-4-7-50)21-24-71-23-5-34-83-35-33-71/h2-4,6-16,18,36,38-39,48,53,68H,5,17,19-35,37,40-42H2,1H3,(H,70,77)(H,69,76,78)/t48-,53?,60-/m1/s1. The Hall–Kier alpha value is -6.12. The van der Waals surface area contributed by atoms with Crippen molar-refractivity contribution in [3.8, 4) is 0 Å². The van der Waals surface area contributed by atoms with Gasteiger partial charge in [0.05, 0.1) is 23.1 Å². The van der Waals surface area contributed by atoms with E-state index in [4.69, 9.17) is 16.3 Å². The number of imide groups is 1. The quantitative estimate of drug-likeness (QED) is 0.0495. The van der Waals surface area contributed by atoms with E-state index < -0.39 is 58.7 Å². The van der Waals surface area contributed by atoms with Crippen LogP contribution in [-0.2, 0) is 34.2 Å². The minimum absolute atomic E-state index is 0.0245. The van der Waals surface area contributed by atoms with Gasteiger partial charge in [0.2, 0.25) is 17.8 Å². The van der Waals surface area contributed by atoms with Crippen molar-refractivity contribution in [3.05, 3.63) is 137 Å². The van der Waals surface area contributed by atoms with Gasteiger partial charge in [-0.2, -0.15) is 13.2 Å². The molecule has 5 aromatic rings. The van der Waals surface area contributed by atoms with Gasteiger partial charge in [0.25, 0.3) is 25.8 Å². The number of amides is 3. The molecule has 1 unspecified atom stereocenters. The average Bonchev–Trinajstić information content (AvgIpc) is 1.14. The average molecular weight is 1260 g/mol. The van der Waals surface area contributed by atoms with Crippen LogP contribution in [0.1, 0.15) is 79.3 Å². The van der Waals surface area contributed by atoms with Crippen molar-refractivity contribution in [2.45, 2.75) is 84.0 Å². The molecule has 1 aromatic heterocycles. The largest absolute Gasteiger partial charge is 0.501 e. The van der Waals surface area contributed by atoms with Crippen LogP contribution in [-0.4, -0.2) is 175 Å². The zero-order valence-electron chi connectivity index (χ0n) is 47.9. The zero-order valence-corrected chi connectivity index (χ0v) is 51.1. The summed E-state index contributed by atoms with van der Waals surface area (Å²) in [4.78, 5) is 57.3. The lowest BCUT2D eigenvalue weighted by Gasteiger charge is -2.44. The van der Waals surface area contributed by atoms with Crippen LogP contribution in [0.25, 0.3) is 5.57 Å². The van der Waals surface area contributed by atoms with Crippen molar-refractivity contribution >= 4 is 83.8 Å². The molecule has 460 valence electrons. The van der Waals surface area contributed by atoms with Crippen molar-refractivity contribution in [2.75, 3.05) is 119 Å². The molecule has 4 aromatic carbocycles. The Balaban J connectivity index is 0.755. The van der Waals surface area contributed by atoms with Crippen molar-refractivity contribution in [1.82, 2.24) is 34.7 Å². The molecule has 0 saturated carbocycles. The van der Waals surface area contributed by atoms with Gasteiger partial charge in [-0.1, -0.05) is 54.4 Å². The summed E-state index contributed by atoms with van der Waals surface area (Å²) in [5, 5.41) is 6.11. The van der Waals surface area contributed by atoms with E-state index in [1.165, 1.54) is 40.6 Å². The van der Waals surface area contributed by atoms with Crippen molar-refractivity contribution in [2.24, 2.45) is 5.41 Å². The van der Waals surface area contributed by atoms with Gasteiger partial charge in [-0.05, 0) is 122 Å². The number of alkyl halides is 3. The number of piperazine rings is 2. The van der Waals surface area contributed by atoms with Crippen LogP contribution >= 0.6 is 23.4 Å². The number of carbonyl (C=O) groups excluding carboxylic acids is 3. The number of sulfonamides is 1. The number of anilines is 3. The molecule has 0 bridgehead atoms. The summed E-state index contributed by atoms with van der Waals surface area (Å²) in [5.41, 5.74) is -0.724. The molecule has 10 rings (SSSR count). The molecule has 4 aliphatic heterocycles. The fourth-order valence-corrected chi connectivity index (χ4v) is 15.2. The second kappa shape index (κ2) is 27.5. The van der Waals surface area contributed by atoms with Crippen LogP contribution in [0.4, 0.5) is 30.5 Å². The highest BCUT2D eigenvalue weighted by molar-refractivity contribution is 7.99. The Morgan fingerprint density at radius 3 is 2.22 bits per heavy atom. The van der Waals surface area contributed by atoms with Crippen LogP contribution in [0.3, 0.4) is 0 Å². The number of hydrogen-bond donors (Lipinski definition) is 3. The zero-order chi connectivity index (χ0) is 60.6. The molecule has 4 fully saturated rings. The van der Waals surface area contributed by atoms with Gasteiger partial charge in [-0.25, -0.2) is 31.5 Å². The van der Waals surface area contributed by atoms with Crippen molar-refractivity contribution in [1.29, 1.82) is 0 Å². The van der Waals surface area contributed by atoms with Gasteiger partial charge in [-0.3, -0.25) is 29.5 Å². The number of benzene rings is 4. The van der Waals surface area contributed by atoms with Crippen molar-refractivity contribution < 1.29 is 49.1 Å². The maximum Gasteiger partial charge on any atom is 0.501 e. The minimum atomic E-state index is -6.09. The second-order valence-electron chi connectivity index (χ2n) is 23.1. The third-order valence-electron chi connectivity index (χ3n) is 16.8. The van der Waals surface area contributed by atoms with E-state index in [2.05, 4.69) is 64.2 Å². The predicted molar refractivity (Wildman–Crippen MR) is 327 cm³/mol. The van der Waals surface area contributed by atoms with Crippen LogP contribution in [0.5, 0.6) is 0 Å². The molecule has 3 amide bonds. The van der Waals surface area contributed by atoms with Crippen LogP contribution in [0.2, 0.25) is 5.02 Å². The Morgan fingerprint density at radius 1 is 0.826 bits per heavy atom. The van der Waals surface area contributed by atoms with E-state index in [9.17, 15) is 44.4 Å². The summed E-state index contributed by atoms with van der Waals surface area (Å²) >= 11 is 7.80. The number of aromatic nitrogens is 2. The Kier molecular flexibility index (Phi) is 20.1. The first-order valence-electron chi connectivity index (χ1n) is 29.1. The topological polar surface area (TPSA) is 207 Å². The van der Waals surface area contributed by atoms with Crippen LogP contribution < -0.4 is 25.2 Å². The van der Waals surface area contributed by atoms with E-state index in [1.54, 1.807) is 24.5 Å². The lowest BCUT2D eigenvalue weighted by molar-refractivity contribution is -0.134. The van der Waals surface area contributed by atoms with Gasteiger partial charge in [0.1, 0.15) is 4.90 Å². The molecule has 25 heteroatoms. The highest BCUT2D eigenvalue weighted by Crippen LogP contribution is 2.44. The van der Waals surface area contributed by atoms with E-state index in [-0.39, 0.29) is 22.8 Å². The normalized spacial score (nSPS) is 21.2.